The van der Waals surface area contributed by atoms with Gasteiger partial charge in [0, 0.05) is 24.5 Å². The number of nitrogens with one attached hydrogen (secondary N) is 1. The Balaban J connectivity index is 2.24. The molecule has 0 saturated carbocycles. The van der Waals surface area contributed by atoms with Crippen molar-refractivity contribution in [1.82, 2.24) is 14.5 Å². The van der Waals surface area contributed by atoms with Crippen molar-refractivity contribution in [3.05, 3.63) is 41.2 Å². The molecule has 144 valence electrons. The molecule has 0 aliphatic heterocycles. The van der Waals surface area contributed by atoms with Crippen LogP contribution < -0.4 is 5.32 Å². The van der Waals surface area contributed by atoms with Crippen molar-refractivity contribution in [3.63, 3.8) is 0 Å². The van der Waals surface area contributed by atoms with Crippen LogP contribution in [0.5, 0.6) is 0 Å². The largest absolute Gasteiger partial charge is 0.394 e. The molecule has 3 aromatic rings. The molecule has 0 aliphatic rings. The minimum absolute atomic E-state index is 0.0269. The van der Waals surface area contributed by atoms with Gasteiger partial charge in [0.1, 0.15) is 5.82 Å². The molecule has 0 unspecified atom stereocenters. The zero-order valence-corrected chi connectivity index (χ0v) is 17.2. The van der Waals surface area contributed by atoms with Gasteiger partial charge in [-0.25, -0.2) is 9.97 Å². The first-order valence-electron chi connectivity index (χ1n) is 9.72. The zero-order valence-electron chi connectivity index (χ0n) is 17.2. The van der Waals surface area contributed by atoms with Gasteiger partial charge in [-0.15, -0.1) is 0 Å². The zero-order chi connectivity index (χ0) is 19.7. The standard InChI is InChI=1S/C22H30N4O/c1-7-16-10-19(17-8-9-18(13(2)3)25-22(17)23-6)24-20-14(4)11-26(21(16)20)15(5)12-27/h8-11,13,15,27H,7,12H2,1-6H3,(H,23,25)/t15-/m0/s1. The summed E-state index contributed by atoms with van der Waals surface area (Å²) in [5.74, 6) is 1.24. The van der Waals surface area contributed by atoms with Crippen molar-refractivity contribution in [2.45, 2.75) is 53.0 Å². The van der Waals surface area contributed by atoms with Crippen LogP contribution in [0.3, 0.4) is 0 Å². The van der Waals surface area contributed by atoms with E-state index in [1.54, 1.807) is 0 Å². The number of fused-ring (bicyclic) bond motifs is 1. The summed E-state index contributed by atoms with van der Waals surface area (Å²) in [6.07, 6.45) is 3.00. The maximum Gasteiger partial charge on any atom is 0.135 e. The van der Waals surface area contributed by atoms with Gasteiger partial charge in [0.05, 0.1) is 29.4 Å². The number of anilines is 1. The minimum Gasteiger partial charge on any atom is -0.394 e. The number of aryl methyl sites for hydroxylation is 2. The van der Waals surface area contributed by atoms with Crippen LogP contribution in [0.15, 0.2) is 24.4 Å². The van der Waals surface area contributed by atoms with E-state index in [-0.39, 0.29) is 12.6 Å². The van der Waals surface area contributed by atoms with Crippen molar-refractivity contribution in [2.75, 3.05) is 19.0 Å². The molecule has 0 amide bonds. The highest BCUT2D eigenvalue weighted by molar-refractivity contribution is 5.87. The Bertz CT molecular complexity index is 959. The summed E-state index contributed by atoms with van der Waals surface area (Å²) in [4.78, 5) is 9.77. The smallest absolute Gasteiger partial charge is 0.135 e. The average molecular weight is 367 g/mol. The highest BCUT2D eigenvalue weighted by Crippen LogP contribution is 2.33. The number of pyridine rings is 2. The van der Waals surface area contributed by atoms with Crippen LogP contribution >= 0.6 is 0 Å². The molecule has 0 radical (unpaired) electrons. The van der Waals surface area contributed by atoms with Crippen LogP contribution in [0.4, 0.5) is 5.82 Å². The first kappa shape index (κ1) is 19.4. The molecule has 3 heterocycles. The fourth-order valence-corrected chi connectivity index (χ4v) is 3.52. The normalized spacial score (nSPS) is 12.7. The fourth-order valence-electron chi connectivity index (χ4n) is 3.52. The Hall–Kier alpha value is -2.40. The molecule has 3 rings (SSSR count). The molecule has 1 atom stereocenters. The Kier molecular flexibility index (Phi) is 5.51. The molecule has 0 bridgehead atoms. The minimum atomic E-state index is 0.0269. The predicted octanol–water partition coefficient (Wildman–Crippen LogP) is 4.69. The maximum absolute atomic E-state index is 9.63. The highest BCUT2D eigenvalue weighted by atomic mass is 16.3. The second kappa shape index (κ2) is 7.69. The predicted molar refractivity (Wildman–Crippen MR) is 113 cm³/mol. The molecule has 5 heteroatoms. The van der Waals surface area contributed by atoms with Gasteiger partial charge >= 0.3 is 0 Å². The topological polar surface area (TPSA) is 63.0 Å². The van der Waals surface area contributed by atoms with Gasteiger partial charge in [-0.3, -0.25) is 0 Å². The molecule has 2 N–H and O–H groups in total. The van der Waals surface area contributed by atoms with Gasteiger partial charge in [0.25, 0.3) is 0 Å². The second-order valence-corrected chi connectivity index (χ2v) is 7.51. The summed E-state index contributed by atoms with van der Waals surface area (Å²) < 4.78 is 2.15. The lowest BCUT2D eigenvalue weighted by Gasteiger charge is -2.16. The van der Waals surface area contributed by atoms with Crippen LogP contribution in [0.1, 0.15) is 56.5 Å². The van der Waals surface area contributed by atoms with E-state index >= 15 is 0 Å². The summed E-state index contributed by atoms with van der Waals surface area (Å²) >= 11 is 0. The number of aliphatic hydroxyl groups excluding tert-OH is 1. The molecule has 0 aromatic carbocycles. The van der Waals surface area contributed by atoms with E-state index < -0.39 is 0 Å². The third-order valence-corrected chi connectivity index (χ3v) is 5.18. The molecule has 0 fully saturated rings. The molecule has 0 spiro atoms. The van der Waals surface area contributed by atoms with E-state index in [1.165, 1.54) is 5.56 Å². The summed E-state index contributed by atoms with van der Waals surface area (Å²) in [7, 11) is 1.90. The summed E-state index contributed by atoms with van der Waals surface area (Å²) in [5, 5.41) is 12.9. The van der Waals surface area contributed by atoms with Gasteiger partial charge in [-0.1, -0.05) is 20.8 Å². The number of nitrogens with zero attached hydrogens (tertiary/aromatic N) is 3. The SMILES string of the molecule is CCc1cc(-c2ccc(C(C)C)nc2NC)nc2c(C)cn([C@@H](C)CO)c12. The number of rotatable bonds is 6. The van der Waals surface area contributed by atoms with Gasteiger partial charge in [0.15, 0.2) is 0 Å². The van der Waals surface area contributed by atoms with Crippen LogP contribution in [-0.4, -0.2) is 33.3 Å². The molecular weight excluding hydrogens is 336 g/mol. The Morgan fingerprint density at radius 1 is 1.19 bits per heavy atom. The quantitative estimate of drug-likeness (QED) is 0.664. The molecule has 0 aliphatic carbocycles. The summed E-state index contributed by atoms with van der Waals surface area (Å²) in [5.41, 5.74) is 7.50. The number of aliphatic hydroxyl groups is 1. The third kappa shape index (κ3) is 3.44. The highest BCUT2D eigenvalue weighted by Gasteiger charge is 2.18. The third-order valence-electron chi connectivity index (χ3n) is 5.18. The van der Waals surface area contributed by atoms with Gasteiger partial charge in [0.2, 0.25) is 0 Å². The maximum atomic E-state index is 9.63. The summed E-state index contributed by atoms with van der Waals surface area (Å²) in [6.45, 7) is 10.7. The van der Waals surface area contributed by atoms with E-state index in [9.17, 15) is 5.11 Å². The van der Waals surface area contributed by atoms with E-state index in [2.05, 4.69) is 62.0 Å². The molecular formula is C22H30N4O. The van der Waals surface area contributed by atoms with Crippen LogP contribution in [-0.2, 0) is 6.42 Å². The lowest BCUT2D eigenvalue weighted by molar-refractivity contribution is 0.241. The Morgan fingerprint density at radius 2 is 1.93 bits per heavy atom. The van der Waals surface area contributed by atoms with Crippen LogP contribution in [0.2, 0.25) is 0 Å². The number of aromatic nitrogens is 3. The monoisotopic (exact) mass is 366 g/mol. The molecule has 5 nitrogen and oxygen atoms in total. The Labute approximate surface area is 161 Å². The van der Waals surface area contributed by atoms with E-state index in [0.29, 0.717) is 5.92 Å². The first-order valence-corrected chi connectivity index (χ1v) is 9.72. The van der Waals surface area contributed by atoms with Crippen LogP contribution in [0.25, 0.3) is 22.3 Å². The van der Waals surface area contributed by atoms with Gasteiger partial charge in [-0.2, -0.15) is 0 Å². The fraction of sp³-hybridized carbons (Fsp3) is 0.455. The van der Waals surface area contributed by atoms with Crippen LogP contribution in [0, 0.1) is 6.92 Å². The molecule has 0 saturated heterocycles. The number of hydrogen-bond donors (Lipinski definition) is 2. The second-order valence-electron chi connectivity index (χ2n) is 7.51. The molecule has 3 aromatic heterocycles. The van der Waals surface area contributed by atoms with Crippen molar-refractivity contribution >= 4 is 16.9 Å². The summed E-state index contributed by atoms with van der Waals surface area (Å²) in [6, 6.07) is 6.39. The van der Waals surface area contributed by atoms with Gasteiger partial charge < -0.3 is 15.0 Å². The average Bonchev–Trinajstić information content (AvgIpc) is 3.02. The van der Waals surface area contributed by atoms with E-state index in [0.717, 1.165) is 45.8 Å². The van der Waals surface area contributed by atoms with Crippen molar-refractivity contribution in [1.29, 1.82) is 0 Å². The lowest BCUT2D eigenvalue weighted by Crippen LogP contribution is -2.09. The lowest BCUT2D eigenvalue weighted by atomic mass is 10.0. The van der Waals surface area contributed by atoms with Crippen molar-refractivity contribution < 1.29 is 5.11 Å². The van der Waals surface area contributed by atoms with Gasteiger partial charge in [-0.05, 0) is 55.5 Å². The molecule has 27 heavy (non-hydrogen) atoms. The van der Waals surface area contributed by atoms with E-state index in [4.69, 9.17) is 9.97 Å². The van der Waals surface area contributed by atoms with Crippen molar-refractivity contribution in [2.24, 2.45) is 0 Å². The Morgan fingerprint density at radius 3 is 2.52 bits per heavy atom. The van der Waals surface area contributed by atoms with Crippen molar-refractivity contribution in [3.8, 4) is 11.3 Å². The number of hydrogen-bond acceptors (Lipinski definition) is 4. The van der Waals surface area contributed by atoms with E-state index in [1.807, 2.05) is 14.0 Å². The first-order chi connectivity index (χ1) is 12.9.